The topological polar surface area (TPSA) is 131 Å². The summed E-state index contributed by atoms with van der Waals surface area (Å²) in [6.07, 6.45) is 1.54. The van der Waals surface area contributed by atoms with Gasteiger partial charge in [-0.2, -0.15) is 10.1 Å². The van der Waals surface area contributed by atoms with Crippen molar-refractivity contribution in [2.75, 3.05) is 17.9 Å². The summed E-state index contributed by atoms with van der Waals surface area (Å²) in [6.45, 7) is 0. The Balaban J connectivity index is 1.60. The van der Waals surface area contributed by atoms with Crippen molar-refractivity contribution in [3.05, 3.63) is 53.1 Å². The Kier molecular flexibility index (Phi) is 5.08. The van der Waals surface area contributed by atoms with E-state index in [2.05, 4.69) is 40.8 Å². The van der Waals surface area contributed by atoms with E-state index in [1.807, 2.05) is 0 Å². The van der Waals surface area contributed by atoms with Crippen molar-refractivity contribution in [2.24, 2.45) is 5.10 Å². The molecule has 2 aromatic carbocycles. The van der Waals surface area contributed by atoms with Crippen LogP contribution in [-0.2, 0) is 0 Å². The Hall–Kier alpha value is -3.92. The zero-order chi connectivity index (χ0) is 20.2. The van der Waals surface area contributed by atoms with Gasteiger partial charge in [-0.15, -0.1) is 0 Å². The van der Waals surface area contributed by atoms with Crippen LogP contribution in [0.2, 0.25) is 5.02 Å². The number of anilines is 3. The number of hydrogen-bond acceptors (Lipinski definition) is 10. The predicted octanol–water partition coefficient (Wildman–Crippen LogP) is 3.57. The van der Waals surface area contributed by atoms with Gasteiger partial charge < -0.3 is 15.2 Å². The number of fused-ring (bicyclic) bond motifs is 1. The molecule has 0 saturated heterocycles. The molecule has 4 aromatic rings. The number of aromatic nitrogens is 4. The fourth-order valence-corrected chi connectivity index (χ4v) is 2.54. The van der Waals surface area contributed by atoms with Crippen LogP contribution in [0.5, 0.6) is 11.5 Å². The Morgan fingerprint density at radius 2 is 1.79 bits per heavy atom. The van der Waals surface area contributed by atoms with E-state index < -0.39 is 0 Å². The second-order valence-corrected chi connectivity index (χ2v) is 6.20. The lowest BCUT2D eigenvalue weighted by Gasteiger charge is -2.09. The van der Waals surface area contributed by atoms with Gasteiger partial charge in [0.2, 0.25) is 11.3 Å². The van der Waals surface area contributed by atoms with Crippen molar-refractivity contribution in [3.63, 3.8) is 0 Å². The molecule has 0 spiro atoms. The van der Waals surface area contributed by atoms with Gasteiger partial charge in [-0.1, -0.05) is 11.6 Å². The van der Waals surface area contributed by atoms with Crippen molar-refractivity contribution in [1.82, 2.24) is 20.3 Å². The number of hydrazone groups is 1. The fourth-order valence-electron chi connectivity index (χ4n) is 2.42. The second kappa shape index (κ2) is 7.98. The van der Waals surface area contributed by atoms with Gasteiger partial charge in [-0.3, -0.25) is 5.43 Å². The molecule has 2 heterocycles. The maximum atomic E-state index is 9.67. The normalized spacial score (nSPS) is 11.1. The Labute approximate surface area is 169 Å². The highest BCUT2D eigenvalue weighted by Gasteiger charge is 2.13. The maximum absolute atomic E-state index is 9.67. The van der Waals surface area contributed by atoms with E-state index in [-0.39, 0.29) is 17.0 Å². The second-order valence-electron chi connectivity index (χ2n) is 5.77. The van der Waals surface area contributed by atoms with Crippen LogP contribution in [0.4, 0.5) is 17.3 Å². The molecule has 29 heavy (non-hydrogen) atoms. The van der Waals surface area contributed by atoms with Gasteiger partial charge in [-0.05, 0) is 58.3 Å². The van der Waals surface area contributed by atoms with E-state index in [4.69, 9.17) is 16.3 Å². The maximum Gasteiger partial charge on any atom is 0.245 e. The van der Waals surface area contributed by atoms with Crippen LogP contribution >= 0.6 is 11.6 Å². The largest absolute Gasteiger partial charge is 0.504 e. The quantitative estimate of drug-likeness (QED) is 0.322. The minimum Gasteiger partial charge on any atom is -0.504 e. The number of methoxy groups -OCH3 is 1. The van der Waals surface area contributed by atoms with Crippen LogP contribution in [0.3, 0.4) is 0 Å². The summed E-state index contributed by atoms with van der Waals surface area (Å²) in [5, 5.41) is 25.0. The van der Waals surface area contributed by atoms with E-state index in [0.29, 0.717) is 28.0 Å². The van der Waals surface area contributed by atoms with E-state index in [1.54, 1.807) is 42.6 Å². The molecule has 0 aliphatic heterocycles. The lowest BCUT2D eigenvalue weighted by atomic mass is 10.2. The summed E-state index contributed by atoms with van der Waals surface area (Å²) in [5.41, 5.74) is 4.75. The average Bonchev–Trinajstić information content (AvgIpc) is 3.18. The van der Waals surface area contributed by atoms with Crippen molar-refractivity contribution in [3.8, 4) is 11.5 Å². The minimum atomic E-state index is 0.0434. The molecular formula is C18H14ClN7O3. The number of nitrogens with zero attached hydrogens (tertiary/aromatic N) is 5. The summed E-state index contributed by atoms with van der Waals surface area (Å²) >= 11 is 5.93. The third-order valence-corrected chi connectivity index (χ3v) is 4.06. The Bertz CT molecular complexity index is 1180. The van der Waals surface area contributed by atoms with Crippen LogP contribution in [0.1, 0.15) is 5.56 Å². The highest BCUT2D eigenvalue weighted by Crippen LogP contribution is 2.26. The van der Waals surface area contributed by atoms with Crippen LogP contribution in [0.15, 0.2) is 52.2 Å². The first-order chi connectivity index (χ1) is 14.1. The van der Waals surface area contributed by atoms with Gasteiger partial charge in [-0.25, -0.2) is 9.61 Å². The Morgan fingerprint density at radius 3 is 2.52 bits per heavy atom. The molecule has 4 rings (SSSR count). The molecule has 0 bridgehead atoms. The molecule has 10 nitrogen and oxygen atoms in total. The summed E-state index contributed by atoms with van der Waals surface area (Å²) in [7, 11) is 1.47. The number of benzene rings is 2. The summed E-state index contributed by atoms with van der Waals surface area (Å²) in [5.74, 6) is 1.07. The standard InChI is InChI=1S/C18H14ClN7O3/c1-28-14-8-10(2-7-13(14)27)9-20-24-16-15(21-12-5-3-11(19)4-6-12)22-17-18(23-16)26-29-25-17/h2-9,27H,1H3,(H,21,22,25)(H,23,24,26)/b20-9+. The molecule has 0 unspecified atom stereocenters. The number of ether oxygens (including phenoxy) is 1. The van der Waals surface area contributed by atoms with Crippen LogP contribution in [0, 0.1) is 0 Å². The van der Waals surface area contributed by atoms with E-state index in [0.717, 1.165) is 5.69 Å². The predicted molar refractivity (Wildman–Crippen MR) is 108 cm³/mol. The van der Waals surface area contributed by atoms with Crippen molar-refractivity contribution >= 4 is 46.4 Å². The molecule has 0 aliphatic rings. The van der Waals surface area contributed by atoms with Gasteiger partial charge >= 0.3 is 0 Å². The summed E-state index contributed by atoms with van der Waals surface area (Å²) in [6, 6.07) is 11.9. The minimum absolute atomic E-state index is 0.0434. The molecule has 0 saturated carbocycles. The highest BCUT2D eigenvalue weighted by molar-refractivity contribution is 6.30. The van der Waals surface area contributed by atoms with Gasteiger partial charge in [0.25, 0.3) is 0 Å². The van der Waals surface area contributed by atoms with Gasteiger partial charge in [0.05, 0.1) is 13.3 Å². The SMILES string of the molecule is COc1cc(/C=N/Nc2nc3nonc3nc2Nc2ccc(Cl)cc2)ccc1O. The van der Waals surface area contributed by atoms with Crippen LogP contribution < -0.4 is 15.5 Å². The molecular weight excluding hydrogens is 398 g/mol. The van der Waals surface area contributed by atoms with Crippen molar-refractivity contribution in [1.29, 1.82) is 0 Å². The first-order valence-electron chi connectivity index (χ1n) is 8.31. The fraction of sp³-hybridized carbons (Fsp3) is 0.0556. The van der Waals surface area contributed by atoms with E-state index in [9.17, 15) is 5.11 Å². The molecule has 2 aromatic heterocycles. The van der Waals surface area contributed by atoms with Gasteiger partial charge in [0.15, 0.2) is 23.1 Å². The molecule has 0 atom stereocenters. The lowest BCUT2D eigenvalue weighted by Crippen LogP contribution is -2.03. The zero-order valence-electron chi connectivity index (χ0n) is 15.0. The molecule has 146 valence electrons. The van der Waals surface area contributed by atoms with Crippen LogP contribution in [-0.4, -0.2) is 38.7 Å². The number of hydrogen-bond donors (Lipinski definition) is 3. The number of phenols is 1. The zero-order valence-corrected chi connectivity index (χ0v) is 15.8. The molecule has 0 aliphatic carbocycles. The number of nitrogens with one attached hydrogen (secondary N) is 2. The van der Waals surface area contributed by atoms with E-state index >= 15 is 0 Å². The lowest BCUT2D eigenvalue weighted by molar-refractivity contribution is 0.314. The first kappa shape index (κ1) is 18.4. The smallest absolute Gasteiger partial charge is 0.245 e. The van der Waals surface area contributed by atoms with Crippen molar-refractivity contribution < 1.29 is 14.5 Å². The average molecular weight is 412 g/mol. The van der Waals surface area contributed by atoms with Gasteiger partial charge in [0, 0.05) is 10.7 Å². The monoisotopic (exact) mass is 411 g/mol. The highest BCUT2D eigenvalue weighted by atomic mass is 35.5. The number of rotatable bonds is 6. The van der Waals surface area contributed by atoms with Crippen molar-refractivity contribution in [2.45, 2.75) is 0 Å². The van der Waals surface area contributed by atoms with E-state index in [1.165, 1.54) is 13.2 Å². The third kappa shape index (κ3) is 4.17. The van der Waals surface area contributed by atoms with Crippen LogP contribution in [0.25, 0.3) is 11.3 Å². The number of aromatic hydroxyl groups is 1. The number of halogens is 1. The molecule has 0 amide bonds. The molecule has 0 fully saturated rings. The Morgan fingerprint density at radius 1 is 1.07 bits per heavy atom. The van der Waals surface area contributed by atoms with Gasteiger partial charge in [0.1, 0.15) is 0 Å². The first-order valence-corrected chi connectivity index (χ1v) is 8.69. The third-order valence-electron chi connectivity index (χ3n) is 3.81. The summed E-state index contributed by atoms with van der Waals surface area (Å²) in [4.78, 5) is 8.67. The molecule has 3 N–H and O–H groups in total. The number of phenolic OH excluding ortho intramolecular Hbond substituents is 1. The molecule has 0 radical (unpaired) electrons. The summed E-state index contributed by atoms with van der Waals surface area (Å²) < 4.78 is 9.76. The molecule has 11 heteroatoms.